The van der Waals surface area contributed by atoms with Crippen molar-refractivity contribution in [2.75, 3.05) is 53.2 Å². The molecule has 160 valence electrons. The number of methoxy groups -OCH3 is 1. The lowest BCUT2D eigenvalue weighted by Crippen LogP contribution is -2.57. The molecule has 1 heterocycles. The maximum atomic E-state index is 13.0. The first kappa shape index (κ1) is 22.6. The molecule has 1 aliphatic heterocycles. The van der Waals surface area contributed by atoms with Crippen molar-refractivity contribution in [3.05, 3.63) is 29.8 Å². The van der Waals surface area contributed by atoms with Gasteiger partial charge in [0.25, 0.3) is 5.91 Å². The zero-order chi connectivity index (χ0) is 21.1. The van der Waals surface area contributed by atoms with Crippen molar-refractivity contribution in [1.82, 2.24) is 10.2 Å². The summed E-state index contributed by atoms with van der Waals surface area (Å²) in [7, 11) is 1.50. The summed E-state index contributed by atoms with van der Waals surface area (Å²) in [6.45, 7) is 4.31. The Morgan fingerprint density at radius 2 is 2.03 bits per heavy atom. The van der Waals surface area contributed by atoms with Crippen molar-refractivity contribution >= 4 is 17.8 Å². The minimum atomic E-state index is -0.922. The van der Waals surface area contributed by atoms with E-state index in [2.05, 4.69) is 5.32 Å². The molecule has 0 spiro atoms. The fourth-order valence-corrected chi connectivity index (χ4v) is 2.86. The molecule has 1 unspecified atom stereocenters. The standard InChI is InChI=1S/C20H28N2O7/c1-3-27-10-12-28-16-6-4-5-15(13-16)20(25)22-8-7-21-19(24)17(22)14-18(23)29-11-9-26-2/h4-6,13,17H,3,7-12,14H2,1-2H3,(H,21,24). The maximum Gasteiger partial charge on any atom is 0.308 e. The van der Waals surface area contributed by atoms with Crippen LogP contribution in [0.1, 0.15) is 23.7 Å². The Hall–Kier alpha value is -2.65. The lowest BCUT2D eigenvalue weighted by atomic mass is 10.1. The highest BCUT2D eigenvalue weighted by Crippen LogP contribution is 2.19. The van der Waals surface area contributed by atoms with Crippen molar-refractivity contribution in [2.24, 2.45) is 0 Å². The van der Waals surface area contributed by atoms with Gasteiger partial charge in [-0.15, -0.1) is 0 Å². The Kier molecular flexibility index (Phi) is 9.39. The van der Waals surface area contributed by atoms with Gasteiger partial charge in [-0.1, -0.05) is 6.07 Å². The van der Waals surface area contributed by atoms with Gasteiger partial charge in [0.1, 0.15) is 25.0 Å². The Morgan fingerprint density at radius 3 is 2.79 bits per heavy atom. The SMILES string of the molecule is CCOCCOc1cccc(C(=O)N2CCNC(=O)C2CC(=O)OCCOC)c1. The van der Waals surface area contributed by atoms with E-state index in [0.29, 0.717) is 44.2 Å². The van der Waals surface area contributed by atoms with Crippen molar-refractivity contribution in [3.63, 3.8) is 0 Å². The highest BCUT2D eigenvalue weighted by atomic mass is 16.6. The number of rotatable bonds is 11. The lowest BCUT2D eigenvalue weighted by Gasteiger charge is -2.34. The largest absolute Gasteiger partial charge is 0.491 e. The van der Waals surface area contributed by atoms with Crippen LogP contribution in [0, 0.1) is 0 Å². The summed E-state index contributed by atoms with van der Waals surface area (Å²) in [4.78, 5) is 38.8. The van der Waals surface area contributed by atoms with Crippen molar-refractivity contribution in [1.29, 1.82) is 0 Å². The average Bonchev–Trinajstić information content (AvgIpc) is 2.72. The van der Waals surface area contributed by atoms with Gasteiger partial charge in [0.15, 0.2) is 0 Å². The van der Waals surface area contributed by atoms with E-state index >= 15 is 0 Å². The summed E-state index contributed by atoms with van der Waals surface area (Å²) in [5.41, 5.74) is 0.381. The summed E-state index contributed by atoms with van der Waals surface area (Å²) in [5.74, 6) is -0.746. The van der Waals surface area contributed by atoms with Gasteiger partial charge in [0.05, 0.1) is 19.6 Å². The second-order valence-corrected chi connectivity index (χ2v) is 6.30. The molecule has 1 fully saturated rings. The smallest absolute Gasteiger partial charge is 0.308 e. The van der Waals surface area contributed by atoms with Gasteiger partial charge in [0, 0.05) is 32.4 Å². The minimum absolute atomic E-state index is 0.0960. The lowest BCUT2D eigenvalue weighted by molar-refractivity contribution is -0.148. The molecule has 2 rings (SSSR count). The van der Waals surface area contributed by atoms with Crippen LogP contribution in [-0.2, 0) is 23.8 Å². The first-order chi connectivity index (χ1) is 14.1. The number of nitrogens with zero attached hydrogens (tertiary/aromatic N) is 1. The van der Waals surface area contributed by atoms with Gasteiger partial charge in [0.2, 0.25) is 5.91 Å². The summed E-state index contributed by atoms with van der Waals surface area (Å²) in [5, 5.41) is 2.69. The fourth-order valence-electron chi connectivity index (χ4n) is 2.86. The van der Waals surface area contributed by atoms with E-state index in [1.807, 2.05) is 6.92 Å². The normalized spacial score (nSPS) is 16.3. The molecular weight excluding hydrogens is 380 g/mol. The van der Waals surface area contributed by atoms with Gasteiger partial charge >= 0.3 is 5.97 Å². The van der Waals surface area contributed by atoms with E-state index in [-0.39, 0.29) is 31.4 Å². The van der Waals surface area contributed by atoms with Gasteiger partial charge < -0.3 is 29.2 Å². The summed E-state index contributed by atoms with van der Waals surface area (Å²) < 4.78 is 20.7. The molecule has 0 saturated carbocycles. The molecular formula is C20H28N2O7. The molecule has 2 amide bonds. The Balaban J connectivity index is 2.04. The molecule has 1 saturated heterocycles. The molecule has 1 aromatic rings. The predicted molar refractivity (Wildman–Crippen MR) is 104 cm³/mol. The zero-order valence-electron chi connectivity index (χ0n) is 16.8. The van der Waals surface area contributed by atoms with Gasteiger partial charge in [-0.2, -0.15) is 0 Å². The highest BCUT2D eigenvalue weighted by Gasteiger charge is 2.35. The fraction of sp³-hybridized carbons (Fsp3) is 0.550. The summed E-state index contributed by atoms with van der Waals surface area (Å²) in [6, 6.07) is 5.80. The van der Waals surface area contributed by atoms with Crippen LogP contribution in [0.5, 0.6) is 5.75 Å². The molecule has 1 aliphatic rings. The number of carbonyl (C=O) groups is 3. The molecule has 0 radical (unpaired) electrons. The number of benzene rings is 1. The third-order valence-electron chi connectivity index (χ3n) is 4.28. The minimum Gasteiger partial charge on any atom is -0.491 e. The van der Waals surface area contributed by atoms with Crippen LogP contribution >= 0.6 is 0 Å². The average molecular weight is 408 g/mol. The van der Waals surface area contributed by atoms with Crippen molar-refractivity contribution < 1.29 is 33.3 Å². The van der Waals surface area contributed by atoms with E-state index in [9.17, 15) is 14.4 Å². The number of nitrogens with one attached hydrogen (secondary N) is 1. The Morgan fingerprint density at radius 1 is 1.21 bits per heavy atom. The first-order valence-electron chi connectivity index (χ1n) is 9.60. The number of hydrogen-bond acceptors (Lipinski definition) is 7. The zero-order valence-corrected chi connectivity index (χ0v) is 16.8. The first-order valence-corrected chi connectivity index (χ1v) is 9.60. The summed E-state index contributed by atoms with van der Waals surface area (Å²) in [6.07, 6.45) is -0.216. The Bertz CT molecular complexity index is 695. The van der Waals surface area contributed by atoms with Crippen LogP contribution in [-0.4, -0.2) is 82.0 Å². The van der Waals surface area contributed by atoms with Crippen molar-refractivity contribution in [2.45, 2.75) is 19.4 Å². The number of carbonyl (C=O) groups excluding carboxylic acids is 3. The second kappa shape index (κ2) is 12.0. The molecule has 29 heavy (non-hydrogen) atoms. The molecule has 9 nitrogen and oxygen atoms in total. The van der Waals surface area contributed by atoms with E-state index < -0.39 is 12.0 Å². The van der Waals surface area contributed by atoms with E-state index in [0.717, 1.165) is 0 Å². The number of piperazine rings is 1. The molecule has 1 atom stereocenters. The van der Waals surface area contributed by atoms with Crippen LogP contribution in [0.2, 0.25) is 0 Å². The van der Waals surface area contributed by atoms with Gasteiger partial charge in [-0.25, -0.2) is 0 Å². The second-order valence-electron chi connectivity index (χ2n) is 6.30. The highest BCUT2D eigenvalue weighted by molar-refractivity contribution is 5.99. The molecule has 0 aromatic heterocycles. The van der Waals surface area contributed by atoms with E-state index in [4.69, 9.17) is 18.9 Å². The van der Waals surface area contributed by atoms with Gasteiger partial charge in [-0.3, -0.25) is 14.4 Å². The van der Waals surface area contributed by atoms with Crippen LogP contribution in [0.4, 0.5) is 0 Å². The van der Waals surface area contributed by atoms with Gasteiger partial charge in [-0.05, 0) is 25.1 Å². The topological polar surface area (TPSA) is 103 Å². The molecule has 1 aromatic carbocycles. The van der Waals surface area contributed by atoms with Crippen LogP contribution in [0.15, 0.2) is 24.3 Å². The predicted octanol–water partition coefficient (Wildman–Crippen LogP) is 0.622. The molecule has 9 heteroatoms. The van der Waals surface area contributed by atoms with Crippen molar-refractivity contribution in [3.8, 4) is 5.75 Å². The van der Waals surface area contributed by atoms with Crippen LogP contribution in [0.25, 0.3) is 0 Å². The molecule has 0 bridgehead atoms. The summed E-state index contributed by atoms with van der Waals surface area (Å²) >= 11 is 0. The number of hydrogen-bond donors (Lipinski definition) is 1. The van der Waals surface area contributed by atoms with Crippen LogP contribution < -0.4 is 10.1 Å². The van der Waals surface area contributed by atoms with E-state index in [1.54, 1.807) is 24.3 Å². The molecule has 0 aliphatic carbocycles. The Labute approximate surface area is 170 Å². The number of esters is 1. The quantitative estimate of drug-likeness (QED) is 0.423. The maximum absolute atomic E-state index is 13.0. The molecule has 1 N–H and O–H groups in total. The monoisotopic (exact) mass is 408 g/mol. The number of amides is 2. The third kappa shape index (κ3) is 7.03. The van der Waals surface area contributed by atoms with E-state index in [1.165, 1.54) is 12.0 Å². The van der Waals surface area contributed by atoms with Crippen LogP contribution in [0.3, 0.4) is 0 Å². The number of ether oxygens (including phenoxy) is 4. The third-order valence-corrected chi connectivity index (χ3v) is 4.28.